The molecule has 1 rings (SSSR count). The molecule has 0 saturated carbocycles. The summed E-state index contributed by atoms with van der Waals surface area (Å²) in [5, 5.41) is 10.2. The number of hydrogen-bond acceptors (Lipinski definition) is 2. The van der Waals surface area contributed by atoms with Gasteiger partial charge in [0.2, 0.25) is 0 Å². The highest BCUT2D eigenvalue weighted by molar-refractivity contribution is 5.94. The van der Waals surface area contributed by atoms with Crippen LogP contribution in [0.3, 0.4) is 0 Å². The first-order valence-electron chi connectivity index (χ1n) is 6.38. The third kappa shape index (κ3) is 4.12. The highest BCUT2D eigenvalue weighted by Gasteiger charge is 2.27. The average molecular weight is 236 g/mol. The minimum Gasteiger partial charge on any atom is -0.388 e. The van der Waals surface area contributed by atoms with Gasteiger partial charge < -0.3 is 5.11 Å². The molecular weight excluding hydrogens is 212 g/mol. The van der Waals surface area contributed by atoms with Crippen LogP contribution in [-0.4, -0.2) is 17.0 Å². The van der Waals surface area contributed by atoms with E-state index in [9.17, 15) is 9.90 Å². The van der Waals surface area contributed by atoms with Gasteiger partial charge in [-0.05, 0) is 44.1 Å². The van der Waals surface area contributed by atoms with Crippen LogP contribution in [0.15, 0.2) is 23.3 Å². The average Bonchev–Trinajstić information content (AvgIpc) is 2.25. The minimum atomic E-state index is -0.464. The number of Topliss-reactive ketones (excluding diaryl/α,β-unsaturated/α-hetero) is 1. The lowest BCUT2D eigenvalue weighted by atomic mass is 9.80. The van der Waals surface area contributed by atoms with E-state index < -0.39 is 6.10 Å². The zero-order valence-electron chi connectivity index (χ0n) is 11.4. The quantitative estimate of drug-likeness (QED) is 0.654. The summed E-state index contributed by atoms with van der Waals surface area (Å²) < 4.78 is 0. The fraction of sp³-hybridized carbons (Fsp3) is 0.667. The van der Waals surface area contributed by atoms with Crippen LogP contribution in [0.5, 0.6) is 0 Å². The topological polar surface area (TPSA) is 37.3 Å². The van der Waals surface area contributed by atoms with Crippen LogP contribution in [0.4, 0.5) is 0 Å². The largest absolute Gasteiger partial charge is 0.388 e. The van der Waals surface area contributed by atoms with Gasteiger partial charge >= 0.3 is 0 Å². The van der Waals surface area contributed by atoms with E-state index in [1.54, 1.807) is 0 Å². The number of hydrogen-bond donors (Lipinski definition) is 1. The second-order valence-electron chi connectivity index (χ2n) is 5.80. The van der Waals surface area contributed by atoms with Gasteiger partial charge in [-0.2, -0.15) is 0 Å². The number of rotatable bonds is 0. The summed E-state index contributed by atoms with van der Waals surface area (Å²) in [5.41, 5.74) is 1.83. The van der Waals surface area contributed by atoms with Gasteiger partial charge in [-0.3, -0.25) is 4.79 Å². The molecule has 1 aliphatic rings. The molecule has 96 valence electrons. The van der Waals surface area contributed by atoms with Gasteiger partial charge in [-0.1, -0.05) is 31.6 Å². The van der Waals surface area contributed by atoms with Crippen molar-refractivity contribution in [1.82, 2.24) is 0 Å². The number of carbonyl (C=O) groups is 1. The van der Waals surface area contributed by atoms with Gasteiger partial charge in [0.1, 0.15) is 0 Å². The Morgan fingerprint density at radius 1 is 1.29 bits per heavy atom. The van der Waals surface area contributed by atoms with Crippen molar-refractivity contribution in [1.29, 1.82) is 0 Å². The molecule has 0 aromatic carbocycles. The summed E-state index contributed by atoms with van der Waals surface area (Å²) in [6, 6.07) is 0. The summed E-state index contributed by atoms with van der Waals surface area (Å²) in [5.74, 6) is 0.213. The van der Waals surface area contributed by atoms with E-state index in [0.717, 1.165) is 24.8 Å². The SMILES string of the molecule is C/C1=C\C(O)C(C)(C)CCC(=O)/C(C)=C/CC1. The van der Waals surface area contributed by atoms with Crippen LogP contribution >= 0.6 is 0 Å². The Kier molecular flexibility index (Phi) is 4.70. The molecule has 0 bridgehead atoms. The van der Waals surface area contributed by atoms with Gasteiger partial charge in [0.15, 0.2) is 5.78 Å². The van der Waals surface area contributed by atoms with Crippen LogP contribution < -0.4 is 0 Å². The van der Waals surface area contributed by atoms with Gasteiger partial charge in [-0.25, -0.2) is 0 Å². The van der Waals surface area contributed by atoms with Crippen LogP contribution in [0, 0.1) is 5.41 Å². The smallest absolute Gasteiger partial charge is 0.158 e. The standard InChI is InChI=1S/C15H24O2/c1-11-6-5-7-12(2)13(16)8-9-15(3,4)14(17)10-11/h7,10,14,17H,5-6,8-9H2,1-4H3/b11-10+,12-7+. The van der Waals surface area contributed by atoms with Crippen molar-refractivity contribution < 1.29 is 9.90 Å². The van der Waals surface area contributed by atoms with Gasteiger partial charge in [0.25, 0.3) is 0 Å². The van der Waals surface area contributed by atoms with E-state index in [2.05, 4.69) is 0 Å². The minimum absolute atomic E-state index is 0.213. The Morgan fingerprint density at radius 3 is 2.59 bits per heavy atom. The summed E-state index contributed by atoms with van der Waals surface area (Å²) in [4.78, 5) is 11.9. The van der Waals surface area contributed by atoms with E-state index in [4.69, 9.17) is 0 Å². The molecule has 2 nitrogen and oxygen atoms in total. The lowest BCUT2D eigenvalue weighted by Gasteiger charge is -2.28. The van der Waals surface area contributed by atoms with E-state index in [1.807, 2.05) is 39.8 Å². The van der Waals surface area contributed by atoms with Crippen molar-refractivity contribution in [3.05, 3.63) is 23.3 Å². The first-order chi connectivity index (χ1) is 7.83. The van der Waals surface area contributed by atoms with Crippen LogP contribution in [-0.2, 0) is 4.79 Å². The monoisotopic (exact) mass is 236 g/mol. The fourth-order valence-electron chi connectivity index (χ4n) is 1.99. The second-order valence-corrected chi connectivity index (χ2v) is 5.80. The molecule has 1 N–H and O–H groups in total. The van der Waals surface area contributed by atoms with Gasteiger partial charge in [0.05, 0.1) is 6.10 Å². The fourth-order valence-corrected chi connectivity index (χ4v) is 1.99. The Hall–Kier alpha value is -0.890. The number of allylic oxidation sites excluding steroid dienone is 3. The summed E-state index contributed by atoms with van der Waals surface area (Å²) in [7, 11) is 0. The molecule has 1 atom stereocenters. The molecule has 0 aromatic heterocycles. The highest BCUT2D eigenvalue weighted by Crippen LogP contribution is 2.30. The van der Waals surface area contributed by atoms with E-state index >= 15 is 0 Å². The Morgan fingerprint density at radius 2 is 1.94 bits per heavy atom. The lowest BCUT2D eigenvalue weighted by molar-refractivity contribution is -0.116. The maximum Gasteiger partial charge on any atom is 0.158 e. The molecule has 1 unspecified atom stereocenters. The number of carbonyl (C=O) groups excluding carboxylic acids is 1. The molecular formula is C15H24O2. The Balaban J connectivity index is 2.92. The zero-order chi connectivity index (χ0) is 13.1. The molecule has 1 aliphatic carbocycles. The summed E-state index contributed by atoms with van der Waals surface area (Å²) >= 11 is 0. The highest BCUT2D eigenvalue weighted by atomic mass is 16.3. The van der Waals surface area contributed by atoms with Crippen molar-refractivity contribution in [3.8, 4) is 0 Å². The normalized spacial score (nSPS) is 33.0. The Bertz CT molecular complexity index is 348. The maximum atomic E-state index is 11.9. The predicted octanol–water partition coefficient (Wildman–Crippen LogP) is 3.41. The molecule has 2 heteroatoms. The van der Waals surface area contributed by atoms with E-state index in [-0.39, 0.29) is 11.2 Å². The molecule has 0 fully saturated rings. The number of aliphatic hydroxyl groups is 1. The van der Waals surface area contributed by atoms with Crippen LogP contribution in [0.25, 0.3) is 0 Å². The van der Waals surface area contributed by atoms with Crippen molar-refractivity contribution in [2.24, 2.45) is 5.41 Å². The maximum absolute atomic E-state index is 11.9. The van der Waals surface area contributed by atoms with E-state index in [0.29, 0.717) is 6.42 Å². The summed E-state index contributed by atoms with van der Waals surface area (Å²) in [6.45, 7) is 7.97. The number of ketones is 1. The molecule has 0 saturated heterocycles. The van der Waals surface area contributed by atoms with Gasteiger partial charge in [-0.15, -0.1) is 0 Å². The van der Waals surface area contributed by atoms with Crippen LogP contribution in [0.1, 0.15) is 53.4 Å². The third-order valence-corrected chi connectivity index (χ3v) is 3.67. The first-order valence-corrected chi connectivity index (χ1v) is 6.38. The molecule has 0 aliphatic heterocycles. The molecule has 0 spiro atoms. The molecule has 0 heterocycles. The first kappa shape index (κ1) is 14.2. The van der Waals surface area contributed by atoms with Crippen LogP contribution in [0.2, 0.25) is 0 Å². The summed E-state index contributed by atoms with van der Waals surface area (Å²) in [6.07, 6.45) is 6.55. The molecule has 0 aromatic rings. The lowest BCUT2D eigenvalue weighted by Crippen LogP contribution is -2.28. The third-order valence-electron chi connectivity index (χ3n) is 3.67. The molecule has 0 amide bonds. The second kappa shape index (κ2) is 5.63. The Labute approximate surface area is 104 Å². The van der Waals surface area contributed by atoms with Crippen molar-refractivity contribution in [3.63, 3.8) is 0 Å². The van der Waals surface area contributed by atoms with Crippen molar-refractivity contribution in [2.75, 3.05) is 0 Å². The zero-order valence-corrected chi connectivity index (χ0v) is 11.4. The van der Waals surface area contributed by atoms with Gasteiger partial charge in [0, 0.05) is 6.42 Å². The van der Waals surface area contributed by atoms with E-state index in [1.165, 1.54) is 5.57 Å². The van der Waals surface area contributed by atoms with Crippen molar-refractivity contribution >= 4 is 5.78 Å². The predicted molar refractivity (Wildman–Crippen MR) is 70.8 cm³/mol. The molecule has 17 heavy (non-hydrogen) atoms. The molecule has 0 radical (unpaired) electrons. The number of aliphatic hydroxyl groups excluding tert-OH is 1. The van der Waals surface area contributed by atoms with Crippen molar-refractivity contribution in [2.45, 2.75) is 59.5 Å².